The van der Waals surface area contributed by atoms with Gasteiger partial charge in [-0.3, -0.25) is 0 Å². The highest BCUT2D eigenvalue weighted by atomic mass is 32.2. The second kappa shape index (κ2) is 2.26. The van der Waals surface area contributed by atoms with Crippen LogP contribution in [0, 0.1) is 0 Å². The van der Waals surface area contributed by atoms with Crippen molar-refractivity contribution in [2.24, 2.45) is 5.16 Å². The first-order chi connectivity index (χ1) is 3.83. The highest BCUT2D eigenvalue weighted by Gasteiger charge is 2.11. The summed E-state index contributed by atoms with van der Waals surface area (Å²) in [7, 11) is 0. The zero-order chi connectivity index (χ0) is 5.98. The zero-order valence-electron chi connectivity index (χ0n) is 4.84. The molecule has 3 nitrogen and oxygen atoms in total. The monoisotopic (exact) mass is 132 g/mol. The van der Waals surface area contributed by atoms with Crippen LogP contribution in [0.15, 0.2) is 5.16 Å². The Balaban J connectivity index is 2.37. The molecular formula is C4H8N2OS. The van der Waals surface area contributed by atoms with E-state index >= 15 is 0 Å². The molecule has 0 aliphatic carbocycles. The van der Waals surface area contributed by atoms with E-state index in [9.17, 15) is 0 Å². The molecule has 8 heavy (non-hydrogen) atoms. The highest BCUT2D eigenvalue weighted by Crippen LogP contribution is 2.04. The molecule has 1 N–H and O–H groups in total. The molecule has 0 bridgehead atoms. The van der Waals surface area contributed by atoms with E-state index in [2.05, 4.69) is 10.5 Å². The summed E-state index contributed by atoms with van der Waals surface area (Å²) in [5, 5.41) is 7.56. The highest BCUT2D eigenvalue weighted by molar-refractivity contribution is 8.13. The van der Waals surface area contributed by atoms with Crippen molar-refractivity contribution in [3.63, 3.8) is 0 Å². The van der Waals surface area contributed by atoms with E-state index in [0.29, 0.717) is 0 Å². The van der Waals surface area contributed by atoms with Crippen molar-refractivity contribution in [2.75, 3.05) is 6.26 Å². The lowest BCUT2D eigenvalue weighted by Crippen LogP contribution is -2.23. The Kier molecular flexibility index (Phi) is 1.62. The van der Waals surface area contributed by atoms with E-state index in [1.165, 1.54) is 0 Å². The maximum absolute atomic E-state index is 4.81. The molecule has 46 valence electrons. The van der Waals surface area contributed by atoms with Gasteiger partial charge in [-0.15, -0.1) is 0 Å². The fraction of sp³-hybridized carbons (Fsp3) is 0.750. The Morgan fingerprint density at radius 2 is 2.62 bits per heavy atom. The SMILES string of the molecule is CSC1=NOC(C)N1. The van der Waals surface area contributed by atoms with E-state index in [0.717, 1.165) is 5.17 Å². The fourth-order valence-corrected chi connectivity index (χ4v) is 0.851. The third-order valence-corrected chi connectivity index (χ3v) is 1.39. The average molecular weight is 132 g/mol. The molecule has 1 aliphatic heterocycles. The smallest absolute Gasteiger partial charge is 0.202 e. The lowest BCUT2D eigenvalue weighted by atomic mass is 10.7. The molecule has 1 heterocycles. The number of nitrogens with zero attached hydrogens (tertiary/aromatic N) is 1. The summed E-state index contributed by atoms with van der Waals surface area (Å²) in [6.07, 6.45) is 2.00. The summed E-state index contributed by atoms with van der Waals surface area (Å²) in [5.41, 5.74) is 0. The fourth-order valence-electron chi connectivity index (χ4n) is 0.450. The zero-order valence-corrected chi connectivity index (χ0v) is 5.66. The predicted molar refractivity (Wildman–Crippen MR) is 34.6 cm³/mol. The van der Waals surface area contributed by atoms with E-state index in [1.807, 2.05) is 13.2 Å². The lowest BCUT2D eigenvalue weighted by molar-refractivity contribution is 0.0874. The van der Waals surface area contributed by atoms with Gasteiger partial charge in [0.1, 0.15) is 0 Å². The Morgan fingerprint density at radius 1 is 1.88 bits per heavy atom. The normalized spacial score (nSPS) is 26.2. The molecule has 0 fully saturated rings. The Morgan fingerprint density at radius 3 is 2.88 bits per heavy atom. The second-order valence-electron chi connectivity index (χ2n) is 1.49. The van der Waals surface area contributed by atoms with Gasteiger partial charge in [-0.1, -0.05) is 16.9 Å². The molecule has 0 aromatic rings. The number of hydrogen-bond donors (Lipinski definition) is 1. The number of rotatable bonds is 0. The van der Waals surface area contributed by atoms with Gasteiger partial charge in [0.25, 0.3) is 0 Å². The summed E-state index contributed by atoms with van der Waals surface area (Å²) < 4.78 is 0. The van der Waals surface area contributed by atoms with Gasteiger partial charge in [-0.2, -0.15) is 0 Å². The maximum atomic E-state index is 4.81. The van der Waals surface area contributed by atoms with Crippen LogP contribution in [0.5, 0.6) is 0 Å². The summed E-state index contributed by atoms with van der Waals surface area (Å²) in [6.45, 7) is 1.91. The van der Waals surface area contributed by atoms with Crippen molar-refractivity contribution in [1.29, 1.82) is 0 Å². The number of thioether (sulfide) groups is 1. The summed E-state index contributed by atoms with van der Waals surface area (Å²) in [6, 6.07) is 0. The van der Waals surface area contributed by atoms with Crippen LogP contribution in [0.1, 0.15) is 6.92 Å². The average Bonchev–Trinajstić information content (AvgIpc) is 2.14. The van der Waals surface area contributed by atoms with Crippen molar-refractivity contribution in [1.82, 2.24) is 5.32 Å². The minimum Gasteiger partial charge on any atom is -0.369 e. The van der Waals surface area contributed by atoms with Crippen LogP contribution in [0.25, 0.3) is 0 Å². The maximum Gasteiger partial charge on any atom is 0.202 e. The first-order valence-electron chi connectivity index (χ1n) is 2.37. The topological polar surface area (TPSA) is 33.6 Å². The largest absolute Gasteiger partial charge is 0.369 e. The van der Waals surface area contributed by atoms with Crippen LogP contribution < -0.4 is 5.32 Å². The summed E-state index contributed by atoms with van der Waals surface area (Å²) in [4.78, 5) is 4.81. The predicted octanol–water partition coefficient (Wildman–Crippen LogP) is 0.586. The van der Waals surface area contributed by atoms with Crippen LogP contribution in [-0.4, -0.2) is 17.7 Å². The molecule has 1 rings (SSSR count). The van der Waals surface area contributed by atoms with E-state index in [1.54, 1.807) is 11.8 Å². The first kappa shape index (κ1) is 5.75. The molecule has 4 heteroatoms. The molecule has 0 saturated heterocycles. The Bertz CT molecular complexity index is 115. The van der Waals surface area contributed by atoms with Crippen molar-refractivity contribution in [2.45, 2.75) is 13.2 Å². The van der Waals surface area contributed by atoms with Gasteiger partial charge >= 0.3 is 0 Å². The molecule has 1 atom stereocenters. The van der Waals surface area contributed by atoms with Gasteiger partial charge in [0.2, 0.25) is 5.17 Å². The van der Waals surface area contributed by atoms with Gasteiger partial charge < -0.3 is 10.2 Å². The molecule has 0 aromatic carbocycles. The van der Waals surface area contributed by atoms with E-state index in [4.69, 9.17) is 4.84 Å². The number of amidine groups is 1. The number of oxime groups is 1. The van der Waals surface area contributed by atoms with Gasteiger partial charge in [-0.05, 0) is 13.2 Å². The first-order valence-corrected chi connectivity index (χ1v) is 3.60. The molecular weight excluding hydrogens is 124 g/mol. The third kappa shape index (κ3) is 1.06. The van der Waals surface area contributed by atoms with Crippen LogP contribution in [-0.2, 0) is 4.84 Å². The van der Waals surface area contributed by atoms with E-state index < -0.39 is 0 Å². The minimum absolute atomic E-state index is 0.0532. The third-order valence-electron chi connectivity index (χ3n) is 0.814. The van der Waals surface area contributed by atoms with Crippen molar-refractivity contribution in [3.8, 4) is 0 Å². The molecule has 1 unspecified atom stereocenters. The number of nitrogens with one attached hydrogen (secondary N) is 1. The van der Waals surface area contributed by atoms with Crippen LogP contribution >= 0.6 is 11.8 Å². The quantitative estimate of drug-likeness (QED) is 0.523. The van der Waals surface area contributed by atoms with Crippen molar-refractivity contribution < 1.29 is 4.84 Å². The Labute approximate surface area is 52.5 Å². The van der Waals surface area contributed by atoms with Gasteiger partial charge in [0, 0.05) is 0 Å². The van der Waals surface area contributed by atoms with Gasteiger partial charge in [0.05, 0.1) is 0 Å². The van der Waals surface area contributed by atoms with Crippen LogP contribution in [0.4, 0.5) is 0 Å². The second-order valence-corrected chi connectivity index (χ2v) is 2.29. The number of hydrogen-bond acceptors (Lipinski definition) is 4. The van der Waals surface area contributed by atoms with Crippen molar-refractivity contribution >= 4 is 16.9 Å². The summed E-state index contributed by atoms with van der Waals surface area (Å²) in [5.74, 6) is 0. The lowest BCUT2D eigenvalue weighted by Gasteiger charge is -1.98. The molecule has 0 spiro atoms. The minimum atomic E-state index is 0.0532. The molecule has 0 aromatic heterocycles. The Hall–Kier alpha value is -0.380. The van der Waals surface area contributed by atoms with Crippen molar-refractivity contribution in [3.05, 3.63) is 0 Å². The molecule has 0 amide bonds. The van der Waals surface area contributed by atoms with Gasteiger partial charge in [-0.25, -0.2) is 0 Å². The van der Waals surface area contributed by atoms with Crippen LogP contribution in [0.3, 0.4) is 0 Å². The van der Waals surface area contributed by atoms with E-state index in [-0.39, 0.29) is 6.23 Å². The van der Waals surface area contributed by atoms with Crippen LogP contribution in [0.2, 0.25) is 0 Å². The van der Waals surface area contributed by atoms with Gasteiger partial charge in [0.15, 0.2) is 6.23 Å². The molecule has 0 saturated carbocycles. The summed E-state index contributed by atoms with van der Waals surface area (Å²) >= 11 is 1.55. The standard InChI is InChI=1S/C4H8N2OS/c1-3-5-4(8-2)6-7-3/h3H,1-2H3,(H,5,6). The molecule has 1 aliphatic rings. The molecule has 0 radical (unpaired) electrons.